The molecule has 1 aromatic carbocycles. The molecule has 0 atom stereocenters. The third-order valence-corrected chi connectivity index (χ3v) is 3.86. The van der Waals surface area contributed by atoms with Crippen LogP contribution in [0.5, 0.6) is 0 Å². The Bertz CT molecular complexity index is 858. The van der Waals surface area contributed by atoms with Crippen molar-refractivity contribution in [1.82, 2.24) is 15.2 Å². The summed E-state index contributed by atoms with van der Waals surface area (Å²) >= 11 is 1.27. The summed E-state index contributed by atoms with van der Waals surface area (Å²) in [6.07, 6.45) is 1.53. The SMILES string of the molecule is Cc1nnc(NC(=O)CCc2ncc(-c3c(F)cccc3F)o2)s1. The maximum atomic E-state index is 13.7. The second-order valence-electron chi connectivity index (χ2n) is 4.89. The number of nitrogens with zero attached hydrogens (tertiary/aromatic N) is 3. The number of oxazole rings is 1. The minimum atomic E-state index is -0.734. The number of anilines is 1. The van der Waals surface area contributed by atoms with E-state index in [1.54, 1.807) is 6.92 Å². The Morgan fingerprint density at radius 1 is 1.29 bits per heavy atom. The van der Waals surface area contributed by atoms with Crippen molar-refractivity contribution in [2.45, 2.75) is 19.8 Å². The number of aryl methyl sites for hydroxylation is 2. The Morgan fingerprint density at radius 2 is 2.04 bits per heavy atom. The number of amides is 1. The summed E-state index contributed by atoms with van der Waals surface area (Å²) in [5, 5.41) is 11.3. The molecule has 0 fully saturated rings. The lowest BCUT2D eigenvalue weighted by Gasteiger charge is -2.01. The van der Waals surface area contributed by atoms with Gasteiger partial charge in [-0.25, -0.2) is 13.8 Å². The molecule has 0 aliphatic heterocycles. The molecule has 1 N–H and O–H groups in total. The van der Waals surface area contributed by atoms with Gasteiger partial charge in [0, 0.05) is 12.8 Å². The number of halogens is 2. The molecule has 0 saturated carbocycles. The third-order valence-electron chi connectivity index (χ3n) is 3.10. The van der Waals surface area contributed by atoms with Crippen LogP contribution in [0.2, 0.25) is 0 Å². The van der Waals surface area contributed by atoms with E-state index in [4.69, 9.17) is 4.42 Å². The first kappa shape index (κ1) is 16.2. The summed E-state index contributed by atoms with van der Waals surface area (Å²) < 4.78 is 32.7. The van der Waals surface area contributed by atoms with E-state index in [0.717, 1.165) is 17.1 Å². The third kappa shape index (κ3) is 3.62. The van der Waals surface area contributed by atoms with Crippen molar-refractivity contribution in [2.75, 3.05) is 5.32 Å². The minimum absolute atomic E-state index is 0.0132. The highest BCUT2D eigenvalue weighted by Crippen LogP contribution is 2.26. The van der Waals surface area contributed by atoms with Crippen LogP contribution in [-0.4, -0.2) is 21.1 Å². The van der Waals surface area contributed by atoms with Gasteiger partial charge >= 0.3 is 0 Å². The molecule has 0 aliphatic carbocycles. The van der Waals surface area contributed by atoms with Crippen LogP contribution < -0.4 is 5.32 Å². The van der Waals surface area contributed by atoms with Crippen molar-refractivity contribution >= 4 is 22.4 Å². The molecule has 3 aromatic rings. The van der Waals surface area contributed by atoms with Gasteiger partial charge in [0.05, 0.1) is 11.8 Å². The van der Waals surface area contributed by atoms with E-state index in [2.05, 4.69) is 20.5 Å². The molecule has 0 saturated heterocycles. The number of nitrogens with one attached hydrogen (secondary N) is 1. The molecule has 0 aliphatic rings. The van der Waals surface area contributed by atoms with Crippen molar-refractivity contribution in [3.63, 3.8) is 0 Å². The number of aromatic nitrogens is 3. The molecule has 1 amide bonds. The predicted octanol–water partition coefficient (Wildman–Crippen LogP) is 3.35. The first-order valence-electron chi connectivity index (χ1n) is 7.02. The minimum Gasteiger partial charge on any atom is -0.441 e. The topological polar surface area (TPSA) is 80.9 Å². The van der Waals surface area contributed by atoms with Gasteiger partial charge in [0.15, 0.2) is 11.7 Å². The molecule has 124 valence electrons. The van der Waals surface area contributed by atoms with Crippen LogP contribution >= 0.6 is 11.3 Å². The lowest BCUT2D eigenvalue weighted by Crippen LogP contribution is -2.12. The molecular formula is C15H12F2N4O2S. The quantitative estimate of drug-likeness (QED) is 0.763. The first-order valence-corrected chi connectivity index (χ1v) is 7.83. The van der Waals surface area contributed by atoms with Gasteiger partial charge in [0.2, 0.25) is 11.0 Å². The van der Waals surface area contributed by atoms with Crippen molar-refractivity contribution in [3.05, 3.63) is 46.9 Å². The molecular weight excluding hydrogens is 338 g/mol. The van der Waals surface area contributed by atoms with E-state index in [9.17, 15) is 13.6 Å². The van der Waals surface area contributed by atoms with Crippen LogP contribution in [0.25, 0.3) is 11.3 Å². The van der Waals surface area contributed by atoms with Crippen LogP contribution in [0.1, 0.15) is 17.3 Å². The number of rotatable bonds is 5. The lowest BCUT2D eigenvalue weighted by atomic mass is 10.1. The predicted molar refractivity (Wildman–Crippen MR) is 83.5 cm³/mol. The lowest BCUT2D eigenvalue weighted by molar-refractivity contribution is -0.116. The monoisotopic (exact) mass is 350 g/mol. The Balaban J connectivity index is 1.63. The molecule has 24 heavy (non-hydrogen) atoms. The maximum Gasteiger partial charge on any atom is 0.226 e. The molecule has 9 heteroatoms. The highest BCUT2D eigenvalue weighted by Gasteiger charge is 2.16. The van der Waals surface area contributed by atoms with E-state index in [-0.39, 0.29) is 36.0 Å². The number of hydrogen-bond acceptors (Lipinski definition) is 6. The zero-order valence-electron chi connectivity index (χ0n) is 12.5. The van der Waals surface area contributed by atoms with Crippen LogP contribution in [0.15, 0.2) is 28.8 Å². The fourth-order valence-electron chi connectivity index (χ4n) is 2.02. The van der Waals surface area contributed by atoms with Crippen LogP contribution in [-0.2, 0) is 11.2 Å². The zero-order valence-corrected chi connectivity index (χ0v) is 13.4. The van der Waals surface area contributed by atoms with E-state index in [1.165, 1.54) is 23.6 Å². The molecule has 0 spiro atoms. The molecule has 2 heterocycles. The maximum absolute atomic E-state index is 13.7. The van der Waals surface area contributed by atoms with Gasteiger partial charge < -0.3 is 9.73 Å². The normalized spacial score (nSPS) is 10.8. The average molecular weight is 350 g/mol. The summed E-state index contributed by atoms with van der Waals surface area (Å²) in [7, 11) is 0. The van der Waals surface area contributed by atoms with Gasteiger partial charge in [-0.3, -0.25) is 4.79 Å². The van der Waals surface area contributed by atoms with Gasteiger partial charge in [-0.1, -0.05) is 17.4 Å². The molecule has 6 nitrogen and oxygen atoms in total. The van der Waals surface area contributed by atoms with Gasteiger partial charge in [0.25, 0.3) is 0 Å². The van der Waals surface area contributed by atoms with Crippen molar-refractivity contribution < 1.29 is 18.0 Å². The molecule has 0 radical (unpaired) electrons. The Morgan fingerprint density at radius 3 is 2.71 bits per heavy atom. The largest absolute Gasteiger partial charge is 0.441 e. The molecule has 2 aromatic heterocycles. The van der Waals surface area contributed by atoms with Crippen LogP contribution in [0.3, 0.4) is 0 Å². The standard InChI is InChI=1S/C15H12F2N4O2S/c1-8-20-21-15(24-8)19-12(22)5-6-13-18-7-11(23-13)14-9(16)3-2-4-10(14)17/h2-4,7H,5-6H2,1H3,(H,19,21,22). The number of hydrogen-bond donors (Lipinski definition) is 1. The molecule has 0 bridgehead atoms. The Labute approximate surface area is 139 Å². The first-order chi connectivity index (χ1) is 11.5. The van der Waals surface area contributed by atoms with Gasteiger partial charge in [-0.2, -0.15) is 0 Å². The summed E-state index contributed by atoms with van der Waals surface area (Å²) in [5.41, 5.74) is -0.273. The Hall–Kier alpha value is -2.68. The smallest absolute Gasteiger partial charge is 0.226 e. The van der Waals surface area contributed by atoms with Crippen LogP contribution in [0.4, 0.5) is 13.9 Å². The van der Waals surface area contributed by atoms with Crippen LogP contribution in [0, 0.1) is 18.6 Å². The Kier molecular flexibility index (Phi) is 4.61. The fourth-order valence-corrected chi connectivity index (χ4v) is 2.63. The number of carbonyl (C=O) groups is 1. The average Bonchev–Trinajstić information content (AvgIpc) is 3.14. The van der Waals surface area contributed by atoms with Gasteiger partial charge in [-0.05, 0) is 19.1 Å². The number of carbonyl (C=O) groups excluding carboxylic acids is 1. The summed E-state index contributed by atoms with van der Waals surface area (Å²) in [5.74, 6) is -1.54. The summed E-state index contributed by atoms with van der Waals surface area (Å²) in [6.45, 7) is 1.78. The zero-order chi connectivity index (χ0) is 17.1. The number of benzene rings is 1. The summed E-state index contributed by atoms with van der Waals surface area (Å²) in [4.78, 5) is 15.8. The van der Waals surface area contributed by atoms with Gasteiger partial charge in [0.1, 0.15) is 16.6 Å². The van der Waals surface area contributed by atoms with E-state index < -0.39 is 11.6 Å². The van der Waals surface area contributed by atoms with E-state index in [1.807, 2.05) is 0 Å². The molecule has 3 rings (SSSR count). The van der Waals surface area contributed by atoms with Crippen molar-refractivity contribution in [1.29, 1.82) is 0 Å². The molecule has 0 unspecified atom stereocenters. The second-order valence-corrected chi connectivity index (χ2v) is 6.07. The van der Waals surface area contributed by atoms with Crippen molar-refractivity contribution in [2.24, 2.45) is 0 Å². The highest BCUT2D eigenvalue weighted by atomic mass is 32.1. The second kappa shape index (κ2) is 6.83. The van der Waals surface area contributed by atoms with E-state index >= 15 is 0 Å². The summed E-state index contributed by atoms with van der Waals surface area (Å²) in [6, 6.07) is 3.54. The fraction of sp³-hybridized carbons (Fsp3) is 0.200. The van der Waals surface area contributed by atoms with E-state index in [0.29, 0.717) is 5.13 Å². The van der Waals surface area contributed by atoms with Gasteiger partial charge in [-0.15, -0.1) is 10.2 Å². The highest BCUT2D eigenvalue weighted by molar-refractivity contribution is 7.15. The van der Waals surface area contributed by atoms with Crippen molar-refractivity contribution in [3.8, 4) is 11.3 Å².